The van der Waals surface area contributed by atoms with Gasteiger partial charge in [-0.1, -0.05) is 54.7 Å². The van der Waals surface area contributed by atoms with Crippen LogP contribution in [-0.2, 0) is 0 Å². The fourth-order valence-corrected chi connectivity index (χ4v) is 3.86. The van der Waals surface area contributed by atoms with Crippen molar-refractivity contribution >= 4 is 40.1 Å². The normalized spacial score (nSPS) is 16.2. The summed E-state index contributed by atoms with van der Waals surface area (Å²) in [6.45, 7) is 2.58. The van der Waals surface area contributed by atoms with Crippen LogP contribution >= 0.6 is 23.2 Å². The number of carbonyl (C=O) groups is 1. The number of rotatable bonds is 4. The second-order valence-electron chi connectivity index (χ2n) is 6.60. The van der Waals surface area contributed by atoms with Gasteiger partial charge < -0.3 is 9.32 Å². The first-order chi connectivity index (χ1) is 13.0. The number of unbranched alkanes of at least 4 members (excludes halogenated alkanes) is 1. The Bertz CT molecular complexity index is 1110. The van der Waals surface area contributed by atoms with Crippen LogP contribution in [0.25, 0.3) is 11.0 Å². The van der Waals surface area contributed by atoms with Crippen LogP contribution in [0.3, 0.4) is 0 Å². The predicted molar refractivity (Wildman–Crippen MR) is 107 cm³/mol. The van der Waals surface area contributed by atoms with Gasteiger partial charge in [0.05, 0.1) is 27.0 Å². The van der Waals surface area contributed by atoms with Crippen molar-refractivity contribution in [2.24, 2.45) is 0 Å². The monoisotopic (exact) mass is 401 g/mol. The molecule has 2 aromatic carbocycles. The van der Waals surface area contributed by atoms with E-state index in [-0.39, 0.29) is 17.1 Å². The molecular weight excluding hydrogens is 385 g/mol. The number of amides is 1. The van der Waals surface area contributed by atoms with Crippen molar-refractivity contribution in [3.8, 4) is 0 Å². The Morgan fingerprint density at radius 2 is 1.85 bits per heavy atom. The highest BCUT2D eigenvalue weighted by molar-refractivity contribution is 6.42. The minimum absolute atomic E-state index is 0.117. The summed E-state index contributed by atoms with van der Waals surface area (Å²) in [6, 6.07) is 11.6. The van der Waals surface area contributed by atoms with E-state index in [9.17, 15) is 9.59 Å². The van der Waals surface area contributed by atoms with Crippen LogP contribution in [-0.4, -0.2) is 17.4 Å². The lowest BCUT2D eigenvalue weighted by molar-refractivity contribution is 0.0725. The van der Waals surface area contributed by atoms with Gasteiger partial charge in [0.25, 0.3) is 5.91 Å². The molecule has 0 N–H and O–H groups in total. The van der Waals surface area contributed by atoms with Crippen molar-refractivity contribution in [3.05, 3.63) is 79.6 Å². The Labute approximate surface area is 166 Å². The Hall–Kier alpha value is -2.30. The maximum Gasteiger partial charge on any atom is 0.290 e. The number of fused-ring (bicyclic) bond motifs is 2. The van der Waals surface area contributed by atoms with E-state index in [1.807, 2.05) is 0 Å². The number of para-hydroxylation sites is 1. The first kappa shape index (κ1) is 18.1. The van der Waals surface area contributed by atoms with Gasteiger partial charge in [0.15, 0.2) is 5.43 Å². The Kier molecular flexibility index (Phi) is 4.70. The van der Waals surface area contributed by atoms with Gasteiger partial charge in [0.1, 0.15) is 5.58 Å². The van der Waals surface area contributed by atoms with E-state index < -0.39 is 6.04 Å². The zero-order chi connectivity index (χ0) is 19.1. The quantitative estimate of drug-likeness (QED) is 0.584. The van der Waals surface area contributed by atoms with Crippen LogP contribution in [0.4, 0.5) is 0 Å². The molecule has 3 aromatic rings. The summed E-state index contributed by atoms with van der Waals surface area (Å²) in [5.74, 6) is -0.150. The minimum Gasteiger partial charge on any atom is -0.450 e. The Balaban J connectivity index is 1.97. The Morgan fingerprint density at radius 1 is 1.07 bits per heavy atom. The smallest absolute Gasteiger partial charge is 0.290 e. The van der Waals surface area contributed by atoms with Crippen LogP contribution < -0.4 is 5.43 Å². The summed E-state index contributed by atoms with van der Waals surface area (Å²) >= 11 is 12.3. The zero-order valence-corrected chi connectivity index (χ0v) is 16.2. The van der Waals surface area contributed by atoms with E-state index in [1.165, 1.54) is 0 Å². The third kappa shape index (κ3) is 2.93. The second-order valence-corrected chi connectivity index (χ2v) is 7.41. The molecule has 1 aliphatic heterocycles. The molecule has 6 heteroatoms. The summed E-state index contributed by atoms with van der Waals surface area (Å²) in [7, 11) is 0. The van der Waals surface area contributed by atoms with Gasteiger partial charge in [-0.15, -0.1) is 0 Å². The third-order valence-electron chi connectivity index (χ3n) is 4.89. The number of halogens is 2. The summed E-state index contributed by atoms with van der Waals surface area (Å²) in [5, 5.41) is 1.28. The molecule has 0 aliphatic carbocycles. The van der Waals surface area contributed by atoms with Gasteiger partial charge in [-0.2, -0.15) is 0 Å². The molecule has 0 saturated heterocycles. The molecule has 138 valence electrons. The van der Waals surface area contributed by atoms with Gasteiger partial charge in [0.2, 0.25) is 5.76 Å². The molecule has 0 saturated carbocycles. The summed E-state index contributed by atoms with van der Waals surface area (Å²) < 4.78 is 5.86. The summed E-state index contributed by atoms with van der Waals surface area (Å²) in [5.41, 5.74) is 1.35. The predicted octanol–water partition coefficient (Wildman–Crippen LogP) is 5.45. The highest BCUT2D eigenvalue weighted by Crippen LogP contribution is 2.39. The van der Waals surface area contributed by atoms with Crippen molar-refractivity contribution in [2.75, 3.05) is 6.54 Å². The fraction of sp³-hybridized carbons (Fsp3) is 0.238. The van der Waals surface area contributed by atoms with E-state index in [1.54, 1.807) is 47.4 Å². The molecule has 4 rings (SSSR count). The van der Waals surface area contributed by atoms with E-state index in [0.29, 0.717) is 33.1 Å². The first-order valence-corrected chi connectivity index (χ1v) is 9.60. The maximum atomic E-state index is 13.2. The van der Waals surface area contributed by atoms with Crippen LogP contribution in [0, 0.1) is 0 Å². The molecule has 0 spiro atoms. The van der Waals surface area contributed by atoms with Crippen molar-refractivity contribution in [3.63, 3.8) is 0 Å². The Morgan fingerprint density at radius 3 is 2.59 bits per heavy atom. The fourth-order valence-electron chi connectivity index (χ4n) is 3.56. The highest BCUT2D eigenvalue weighted by Gasteiger charge is 2.42. The summed E-state index contributed by atoms with van der Waals surface area (Å²) in [6.07, 6.45) is 1.75. The lowest BCUT2D eigenvalue weighted by Crippen LogP contribution is -2.30. The third-order valence-corrected chi connectivity index (χ3v) is 5.62. The molecule has 0 bridgehead atoms. The lowest BCUT2D eigenvalue weighted by Gasteiger charge is -2.25. The molecule has 4 nitrogen and oxygen atoms in total. The molecular formula is C21H17Cl2NO3. The van der Waals surface area contributed by atoms with Crippen LogP contribution in [0.2, 0.25) is 10.0 Å². The van der Waals surface area contributed by atoms with Gasteiger partial charge in [-0.3, -0.25) is 9.59 Å². The molecule has 0 fully saturated rings. The number of hydrogen-bond acceptors (Lipinski definition) is 3. The number of carbonyl (C=O) groups excluding carboxylic acids is 1. The number of benzene rings is 2. The minimum atomic E-state index is -0.533. The summed E-state index contributed by atoms with van der Waals surface area (Å²) in [4.78, 5) is 28.0. The van der Waals surface area contributed by atoms with Gasteiger partial charge in [-0.05, 0) is 36.2 Å². The SMILES string of the molecule is CCCCN1C(=O)c2oc3ccccc3c(=O)c2C1c1ccc(Cl)c(Cl)c1. The van der Waals surface area contributed by atoms with Crippen molar-refractivity contribution in [1.29, 1.82) is 0 Å². The average molecular weight is 402 g/mol. The molecule has 1 aromatic heterocycles. The zero-order valence-electron chi connectivity index (χ0n) is 14.7. The largest absolute Gasteiger partial charge is 0.450 e. The van der Waals surface area contributed by atoms with Crippen molar-refractivity contribution in [2.45, 2.75) is 25.8 Å². The second kappa shape index (κ2) is 7.02. The van der Waals surface area contributed by atoms with Gasteiger partial charge in [0, 0.05) is 6.54 Å². The maximum absolute atomic E-state index is 13.2. The van der Waals surface area contributed by atoms with Gasteiger partial charge >= 0.3 is 0 Å². The molecule has 1 aliphatic rings. The molecule has 1 unspecified atom stereocenters. The van der Waals surface area contributed by atoms with Crippen LogP contribution in [0.15, 0.2) is 51.7 Å². The molecule has 2 heterocycles. The molecule has 0 radical (unpaired) electrons. The molecule has 1 amide bonds. The van der Waals surface area contributed by atoms with E-state index >= 15 is 0 Å². The molecule has 27 heavy (non-hydrogen) atoms. The standard InChI is InChI=1S/C21H17Cl2NO3/c1-2-3-10-24-18(12-8-9-14(22)15(23)11-12)17-19(25)13-6-4-5-7-16(13)27-20(17)21(24)26/h4-9,11,18H,2-3,10H2,1H3. The van der Waals surface area contributed by atoms with Crippen molar-refractivity contribution < 1.29 is 9.21 Å². The molecule has 1 atom stereocenters. The lowest BCUT2D eigenvalue weighted by atomic mass is 9.98. The van der Waals surface area contributed by atoms with Crippen LogP contribution in [0.5, 0.6) is 0 Å². The highest BCUT2D eigenvalue weighted by atomic mass is 35.5. The van der Waals surface area contributed by atoms with E-state index in [2.05, 4.69) is 6.92 Å². The average Bonchev–Trinajstić information content (AvgIpc) is 2.95. The van der Waals surface area contributed by atoms with Crippen LogP contribution in [0.1, 0.15) is 47.5 Å². The van der Waals surface area contributed by atoms with E-state index in [0.717, 1.165) is 18.4 Å². The number of hydrogen-bond donors (Lipinski definition) is 0. The topological polar surface area (TPSA) is 50.5 Å². The van der Waals surface area contributed by atoms with E-state index in [4.69, 9.17) is 27.6 Å². The number of nitrogens with zero attached hydrogens (tertiary/aromatic N) is 1. The first-order valence-electron chi connectivity index (χ1n) is 8.84. The van der Waals surface area contributed by atoms with Crippen molar-refractivity contribution in [1.82, 2.24) is 4.90 Å². The van der Waals surface area contributed by atoms with Gasteiger partial charge in [-0.25, -0.2) is 0 Å².